The van der Waals surface area contributed by atoms with Crippen LogP contribution >= 0.6 is 0 Å². The van der Waals surface area contributed by atoms with E-state index < -0.39 is 0 Å². The molecule has 96 valence electrons. The molecule has 0 saturated carbocycles. The van der Waals surface area contributed by atoms with E-state index in [4.69, 9.17) is 14.2 Å². The van der Waals surface area contributed by atoms with Gasteiger partial charge in [0.1, 0.15) is 18.7 Å². The van der Waals surface area contributed by atoms with E-state index in [2.05, 4.69) is 15.5 Å². The third-order valence-corrected chi connectivity index (χ3v) is 2.84. The Balaban J connectivity index is 2.60. The molecule has 1 heterocycles. The number of hydrogen-bond acceptors (Lipinski definition) is 6. The lowest BCUT2D eigenvalue weighted by atomic mass is 10.4. The fourth-order valence-electron chi connectivity index (χ4n) is 1.73. The van der Waals surface area contributed by atoms with E-state index in [1.165, 1.54) is 0 Å². The van der Waals surface area contributed by atoms with Crippen LogP contribution in [-0.2, 0) is 14.2 Å². The van der Waals surface area contributed by atoms with E-state index in [1.54, 1.807) is 21.3 Å². The van der Waals surface area contributed by atoms with Gasteiger partial charge in [-0.3, -0.25) is 15.5 Å². The van der Waals surface area contributed by atoms with Crippen LogP contribution in [0.15, 0.2) is 0 Å². The standard InChI is InChI=1S/C10H23N3O3/c1-13-7-9(15-3)11-5-8(14-2)12-6-10(13)16-4/h8-12H,5-7H2,1-4H3. The van der Waals surface area contributed by atoms with Gasteiger partial charge in [0.15, 0.2) is 0 Å². The predicted molar refractivity (Wildman–Crippen MR) is 61.0 cm³/mol. The van der Waals surface area contributed by atoms with E-state index >= 15 is 0 Å². The van der Waals surface area contributed by atoms with Gasteiger partial charge in [0.25, 0.3) is 0 Å². The average molecular weight is 233 g/mol. The van der Waals surface area contributed by atoms with Crippen LogP contribution in [0.5, 0.6) is 0 Å². The van der Waals surface area contributed by atoms with E-state index in [0.29, 0.717) is 6.54 Å². The molecule has 16 heavy (non-hydrogen) atoms. The van der Waals surface area contributed by atoms with Gasteiger partial charge >= 0.3 is 0 Å². The van der Waals surface area contributed by atoms with Crippen molar-refractivity contribution < 1.29 is 14.2 Å². The fourth-order valence-corrected chi connectivity index (χ4v) is 1.73. The van der Waals surface area contributed by atoms with Crippen molar-refractivity contribution in [2.24, 2.45) is 0 Å². The largest absolute Gasteiger partial charge is 0.365 e. The molecule has 0 amide bonds. The Morgan fingerprint density at radius 2 is 1.56 bits per heavy atom. The first-order valence-corrected chi connectivity index (χ1v) is 5.46. The molecule has 0 aromatic heterocycles. The molecule has 0 aromatic carbocycles. The normalized spacial score (nSPS) is 34.1. The molecule has 0 radical (unpaired) electrons. The molecule has 6 nitrogen and oxygen atoms in total. The summed E-state index contributed by atoms with van der Waals surface area (Å²) in [6, 6.07) is 0. The first-order chi connectivity index (χ1) is 7.71. The molecule has 1 fully saturated rings. The molecule has 3 atom stereocenters. The molecule has 6 heteroatoms. The van der Waals surface area contributed by atoms with Gasteiger partial charge < -0.3 is 14.2 Å². The third-order valence-electron chi connectivity index (χ3n) is 2.84. The quantitative estimate of drug-likeness (QED) is 0.654. The van der Waals surface area contributed by atoms with Crippen LogP contribution in [0, 0.1) is 0 Å². The Labute approximate surface area is 97.2 Å². The monoisotopic (exact) mass is 233 g/mol. The minimum Gasteiger partial charge on any atom is -0.365 e. The van der Waals surface area contributed by atoms with Crippen molar-refractivity contribution in [2.45, 2.75) is 18.7 Å². The number of nitrogens with zero attached hydrogens (tertiary/aromatic N) is 1. The molecule has 0 aromatic rings. The smallest absolute Gasteiger partial charge is 0.122 e. The summed E-state index contributed by atoms with van der Waals surface area (Å²) in [7, 11) is 7.10. The van der Waals surface area contributed by atoms with Gasteiger partial charge in [-0.05, 0) is 7.05 Å². The minimum absolute atomic E-state index is 0.0137. The molecule has 3 unspecified atom stereocenters. The Bertz CT molecular complexity index is 194. The van der Waals surface area contributed by atoms with Crippen LogP contribution in [0.1, 0.15) is 0 Å². The summed E-state index contributed by atoms with van der Waals surface area (Å²) in [5.41, 5.74) is 0. The number of nitrogens with one attached hydrogen (secondary N) is 2. The van der Waals surface area contributed by atoms with Crippen LogP contribution in [0.25, 0.3) is 0 Å². The number of hydrogen-bond donors (Lipinski definition) is 2. The molecule has 1 rings (SSSR count). The molecular formula is C10H23N3O3. The Hall–Kier alpha value is -0.240. The molecule has 0 bridgehead atoms. The Kier molecular flexibility index (Phi) is 6.18. The van der Waals surface area contributed by atoms with Crippen LogP contribution < -0.4 is 10.6 Å². The molecule has 1 saturated heterocycles. The van der Waals surface area contributed by atoms with E-state index in [0.717, 1.165) is 13.1 Å². The van der Waals surface area contributed by atoms with Crippen molar-refractivity contribution >= 4 is 0 Å². The number of ether oxygens (including phenoxy) is 3. The van der Waals surface area contributed by atoms with E-state index in [1.807, 2.05) is 7.05 Å². The molecule has 2 N–H and O–H groups in total. The third kappa shape index (κ3) is 3.97. The zero-order valence-electron chi connectivity index (χ0n) is 10.5. The second-order valence-electron chi connectivity index (χ2n) is 3.90. The molecule has 1 aliphatic rings. The predicted octanol–water partition coefficient (Wildman–Crippen LogP) is -0.971. The van der Waals surface area contributed by atoms with Crippen molar-refractivity contribution in [1.29, 1.82) is 0 Å². The summed E-state index contributed by atoms with van der Waals surface area (Å²) in [5, 5.41) is 6.56. The average Bonchev–Trinajstić information content (AvgIpc) is 2.38. The SMILES string of the molecule is COC1CNC(OC)CN(C)C(OC)CN1. The molecule has 1 aliphatic heterocycles. The second-order valence-corrected chi connectivity index (χ2v) is 3.90. The zero-order chi connectivity index (χ0) is 12.0. The highest BCUT2D eigenvalue weighted by Crippen LogP contribution is 2.02. The number of methoxy groups -OCH3 is 3. The van der Waals surface area contributed by atoms with Crippen LogP contribution in [0.3, 0.4) is 0 Å². The lowest BCUT2D eigenvalue weighted by molar-refractivity contribution is -0.0451. The first-order valence-electron chi connectivity index (χ1n) is 5.46. The number of rotatable bonds is 3. The second kappa shape index (κ2) is 7.16. The van der Waals surface area contributed by atoms with Crippen molar-refractivity contribution in [3.8, 4) is 0 Å². The first kappa shape index (κ1) is 13.8. The van der Waals surface area contributed by atoms with E-state index in [9.17, 15) is 0 Å². The highest BCUT2D eigenvalue weighted by molar-refractivity contribution is 4.73. The van der Waals surface area contributed by atoms with Gasteiger partial charge in [-0.2, -0.15) is 0 Å². The van der Waals surface area contributed by atoms with Gasteiger partial charge in [0.05, 0.1) is 0 Å². The maximum absolute atomic E-state index is 5.40. The van der Waals surface area contributed by atoms with Gasteiger partial charge in [-0.25, -0.2) is 0 Å². The minimum atomic E-state index is -0.0261. The summed E-state index contributed by atoms with van der Waals surface area (Å²) in [6.07, 6.45) is -0.0165. The van der Waals surface area contributed by atoms with Gasteiger partial charge in [-0.15, -0.1) is 0 Å². The van der Waals surface area contributed by atoms with E-state index in [-0.39, 0.29) is 18.7 Å². The highest BCUT2D eigenvalue weighted by Gasteiger charge is 2.22. The van der Waals surface area contributed by atoms with Crippen LogP contribution in [0.4, 0.5) is 0 Å². The topological polar surface area (TPSA) is 55.0 Å². The Morgan fingerprint density at radius 1 is 0.938 bits per heavy atom. The van der Waals surface area contributed by atoms with Crippen LogP contribution in [0.2, 0.25) is 0 Å². The molecular weight excluding hydrogens is 210 g/mol. The van der Waals surface area contributed by atoms with Gasteiger partial charge in [-0.1, -0.05) is 0 Å². The lowest BCUT2D eigenvalue weighted by Gasteiger charge is -2.28. The number of likely N-dealkylation sites (N-methyl/N-ethyl adjacent to an activating group) is 1. The van der Waals surface area contributed by atoms with Crippen molar-refractivity contribution in [1.82, 2.24) is 15.5 Å². The van der Waals surface area contributed by atoms with Gasteiger partial charge in [0, 0.05) is 41.0 Å². The highest BCUT2D eigenvalue weighted by atomic mass is 16.5. The van der Waals surface area contributed by atoms with Crippen molar-refractivity contribution in [3.05, 3.63) is 0 Å². The summed E-state index contributed by atoms with van der Waals surface area (Å²) in [5.74, 6) is 0. The Morgan fingerprint density at radius 3 is 2.12 bits per heavy atom. The maximum atomic E-state index is 5.40. The summed E-state index contributed by atoms with van der Waals surface area (Å²) in [6.45, 7) is 2.20. The van der Waals surface area contributed by atoms with Gasteiger partial charge in [0.2, 0.25) is 0 Å². The zero-order valence-corrected chi connectivity index (χ0v) is 10.5. The summed E-state index contributed by atoms with van der Waals surface area (Å²) >= 11 is 0. The molecule has 0 spiro atoms. The van der Waals surface area contributed by atoms with Crippen molar-refractivity contribution in [3.63, 3.8) is 0 Å². The summed E-state index contributed by atoms with van der Waals surface area (Å²) in [4.78, 5) is 2.10. The molecule has 0 aliphatic carbocycles. The maximum Gasteiger partial charge on any atom is 0.122 e. The summed E-state index contributed by atoms with van der Waals surface area (Å²) < 4.78 is 16.1. The fraction of sp³-hybridized carbons (Fsp3) is 1.00. The lowest BCUT2D eigenvalue weighted by Crippen LogP contribution is -2.46. The van der Waals surface area contributed by atoms with Crippen molar-refractivity contribution in [2.75, 3.05) is 48.0 Å². The van der Waals surface area contributed by atoms with Crippen LogP contribution in [-0.4, -0.2) is 71.6 Å².